The third kappa shape index (κ3) is 5.15. The van der Waals surface area contributed by atoms with E-state index in [1.165, 1.54) is 81.5 Å². The minimum atomic E-state index is -0.00453. The number of rotatable bonds is 6. The molecule has 0 bridgehead atoms. The predicted octanol–water partition coefficient (Wildman–Crippen LogP) is 15.2. The van der Waals surface area contributed by atoms with Crippen molar-refractivity contribution >= 4 is 65.2 Å². The van der Waals surface area contributed by atoms with Gasteiger partial charge in [0.2, 0.25) is 0 Å². The van der Waals surface area contributed by atoms with Crippen molar-refractivity contribution < 1.29 is 0 Å². The molecule has 56 heavy (non-hydrogen) atoms. The van der Waals surface area contributed by atoms with Crippen LogP contribution < -0.4 is 4.90 Å². The summed E-state index contributed by atoms with van der Waals surface area (Å²) in [5.74, 6) is 0. The van der Waals surface area contributed by atoms with Crippen molar-refractivity contribution in [2.45, 2.75) is 32.1 Å². The molecule has 268 valence electrons. The molecule has 7 aromatic carbocycles. The fraction of sp³-hybridized carbons (Fsp3) is 0.0943. The summed E-state index contributed by atoms with van der Waals surface area (Å²) in [5.41, 5.74) is 16.5. The van der Waals surface area contributed by atoms with Gasteiger partial charge in [-0.2, -0.15) is 0 Å². The summed E-state index contributed by atoms with van der Waals surface area (Å²) in [4.78, 5) is 3.71. The smallest absolute Gasteiger partial charge is 0.109 e. The van der Waals surface area contributed by atoms with Crippen molar-refractivity contribution in [1.29, 1.82) is 0 Å². The zero-order valence-electron chi connectivity index (χ0n) is 31.5. The van der Waals surface area contributed by atoms with Gasteiger partial charge in [-0.25, -0.2) is 0 Å². The van der Waals surface area contributed by atoms with Crippen molar-refractivity contribution in [1.82, 2.24) is 4.57 Å². The first-order chi connectivity index (χ1) is 27.5. The fourth-order valence-electron chi connectivity index (χ4n) is 9.34. The predicted molar refractivity (Wildman–Crippen MR) is 240 cm³/mol. The molecule has 0 aliphatic heterocycles. The van der Waals surface area contributed by atoms with Crippen molar-refractivity contribution in [3.05, 3.63) is 199 Å². The standard InChI is InChI=1S/C53H40N2S/c1-53(2)47-19-11-9-17-43(47)44-31-30-42(34-48(44)53)54(40-26-21-36(22-27-40)35-13-5-3-6-14-35)41-28-23-37(24-29-41)38-25-32-49-46(33-38)51-45-18-10-12-20-50(45)56-52(51)55(49)39-15-7-4-8-16-39/h3-10,12-18,20-34H,11,19H2,1-2H3. The average Bonchev–Trinajstić information content (AvgIpc) is 3.86. The number of para-hydroxylation sites is 1. The largest absolute Gasteiger partial charge is 0.310 e. The average molecular weight is 737 g/mol. The molecule has 0 saturated heterocycles. The second-order valence-electron chi connectivity index (χ2n) is 15.7. The number of aromatic nitrogens is 1. The maximum atomic E-state index is 2.45. The van der Waals surface area contributed by atoms with Crippen LogP contribution in [0, 0.1) is 0 Å². The van der Waals surface area contributed by atoms with Crippen molar-refractivity contribution in [2.75, 3.05) is 4.90 Å². The van der Waals surface area contributed by atoms with Gasteiger partial charge in [-0.15, -0.1) is 11.3 Å². The van der Waals surface area contributed by atoms with Crippen LogP contribution in [0.1, 0.15) is 37.8 Å². The summed E-state index contributed by atoms with van der Waals surface area (Å²) in [6.07, 6.45) is 6.94. The Bertz CT molecular complexity index is 3010. The molecule has 0 N–H and O–H groups in total. The van der Waals surface area contributed by atoms with Gasteiger partial charge in [-0.1, -0.05) is 135 Å². The van der Waals surface area contributed by atoms with Crippen molar-refractivity contribution in [2.24, 2.45) is 0 Å². The molecule has 0 radical (unpaired) electrons. The normalized spacial score (nSPS) is 14.5. The molecule has 0 unspecified atom stereocenters. The maximum absolute atomic E-state index is 2.45. The van der Waals surface area contributed by atoms with Crippen LogP contribution in [0.15, 0.2) is 188 Å². The zero-order valence-corrected chi connectivity index (χ0v) is 32.4. The van der Waals surface area contributed by atoms with Crippen molar-refractivity contribution in [3.8, 4) is 27.9 Å². The second-order valence-corrected chi connectivity index (χ2v) is 16.7. The monoisotopic (exact) mass is 736 g/mol. The molecule has 0 fully saturated rings. The summed E-state index contributed by atoms with van der Waals surface area (Å²) in [5, 5.41) is 3.94. The van der Waals surface area contributed by atoms with Gasteiger partial charge in [0.15, 0.2) is 0 Å². The third-order valence-corrected chi connectivity index (χ3v) is 13.3. The molecule has 2 aliphatic carbocycles. The van der Waals surface area contributed by atoms with Crippen LogP contribution in [0.4, 0.5) is 17.1 Å². The molecule has 2 heterocycles. The van der Waals surface area contributed by atoms with Crippen LogP contribution >= 0.6 is 11.3 Å². The Morgan fingerprint density at radius 3 is 1.95 bits per heavy atom. The molecule has 0 atom stereocenters. The lowest BCUT2D eigenvalue weighted by Gasteiger charge is -2.29. The topological polar surface area (TPSA) is 8.17 Å². The van der Waals surface area contributed by atoms with E-state index < -0.39 is 0 Å². The highest BCUT2D eigenvalue weighted by molar-refractivity contribution is 7.25. The van der Waals surface area contributed by atoms with Gasteiger partial charge in [0.25, 0.3) is 0 Å². The molecular weight excluding hydrogens is 697 g/mol. The summed E-state index contributed by atoms with van der Waals surface area (Å²) in [6.45, 7) is 4.81. The Hall–Kier alpha value is -6.42. The minimum absolute atomic E-state index is 0.00453. The van der Waals surface area contributed by atoms with E-state index in [1.54, 1.807) is 5.57 Å². The van der Waals surface area contributed by atoms with Gasteiger partial charge in [0.1, 0.15) is 4.83 Å². The lowest BCUT2D eigenvalue weighted by Crippen LogP contribution is -2.18. The van der Waals surface area contributed by atoms with E-state index >= 15 is 0 Å². The van der Waals surface area contributed by atoms with E-state index in [2.05, 4.69) is 205 Å². The quantitative estimate of drug-likeness (QED) is 0.165. The number of hydrogen-bond donors (Lipinski definition) is 0. The number of nitrogens with zero attached hydrogens (tertiary/aromatic N) is 2. The minimum Gasteiger partial charge on any atom is -0.310 e. The summed E-state index contributed by atoms with van der Waals surface area (Å²) in [6, 6.07) is 62.5. The molecule has 2 aromatic heterocycles. The fourth-order valence-corrected chi connectivity index (χ4v) is 10.6. The second kappa shape index (κ2) is 12.8. The molecule has 3 heteroatoms. The first kappa shape index (κ1) is 33.0. The molecule has 0 amide bonds. The number of hydrogen-bond acceptors (Lipinski definition) is 2. The number of thiophene rings is 1. The van der Waals surface area contributed by atoms with Gasteiger partial charge in [0, 0.05) is 49.0 Å². The zero-order chi connectivity index (χ0) is 37.4. The SMILES string of the molecule is CC1(C)C2=C(C=CCC2)c2ccc(N(c3ccc(-c4ccccc4)cc3)c3ccc(-c4ccc5c(c4)c4c6ccccc6sc4n5-c4ccccc4)cc3)cc21. The first-order valence-electron chi connectivity index (χ1n) is 19.7. The molecule has 0 saturated carbocycles. The van der Waals surface area contributed by atoms with Gasteiger partial charge < -0.3 is 9.47 Å². The molecule has 2 nitrogen and oxygen atoms in total. The Balaban J connectivity index is 1.02. The van der Waals surface area contributed by atoms with Gasteiger partial charge in [-0.3, -0.25) is 0 Å². The Labute approximate surface area is 331 Å². The first-order valence-corrected chi connectivity index (χ1v) is 20.5. The van der Waals surface area contributed by atoms with Gasteiger partial charge in [0.05, 0.1) is 5.52 Å². The van der Waals surface area contributed by atoms with Gasteiger partial charge >= 0.3 is 0 Å². The van der Waals surface area contributed by atoms with Crippen LogP contribution in [-0.4, -0.2) is 4.57 Å². The maximum Gasteiger partial charge on any atom is 0.109 e. The van der Waals surface area contributed by atoms with Crippen molar-refractivity contribution in [3.63, 3.8) is 0 Å². The molecule has 9 aromatic rings. The highest BCUT2D eigenvalue weighted by Gasteiger charge is 2.37. The summed E-state index contributed by atoms with van der Waals surface area (Å²) >= 11 is 1.88. The number of allylic oxidation sites excluding steroid dienone is 4. The van der Waals surface area contributed by atoms with E-state index in [4.69, 9.17) is 0 Å². The lowest BCUT2D eigenvalue weighted by atomic mass is 9.78. The molecular formula is C53H40N2S. The number of fused-ring (bicyclic) bond motifs is 7. The Kier molecular flexibility index (Phi) is 7.55. The summed E-state index contributed by atoms with van der Waals surface area (Å²) in [7, 11) is 0. The Morgan fingerprint density at radius 2 is 1.20 bits per heavy atom. The molecule has 11 rings (SSSR count). The summed E-state index contributed by atoms with van der Waals surface area (Å²) < 4.78 is 3.75. The van der Waals surface area contributed by atoms with E-state index in [9.17, 15) is 0 Å². The van der Waals surface area contributed by atoms with E-state index in [0.29, 0.717) is 0 Å². The highest BCUT2D eigenvalue weighted by atomic mass is 32.1. The van der Waals surface area contributed by atoms with Crippen LogP contribution in [0.5, 0.6) is 0 Å². The van der Waals surface area contributed by atoms with E-state index in [0.717, 1.165) is 24.2 Å². The highest BCUT2D eigenvalue weighted by Crippen LogP contribution is 2.52. The number of benzene rings is 7. The van der Waals surface area contributed by atoms with E-state index in [1.807, 2.05) is 11.3 Å². The molecule has 0 spiro atoms. The van der Waals surface area contributed by atoms with Crippen LogP contribution in [0.2, 0.25) is 0 Å². The Morgan fingerprint density at radius 1 is 0.571 bits per heavy atom. The van der Waals surface area contributed by atoms with Crippen LogP contribution in [0.3, 0.4) is 0 Å². The molecule has 2 aliphatic rings. The third-order valence-electron chi connectivity index (χ3n) is 12.1. The lowest BCUT2D eigenvalue weighted by molar-refractivity contribution is 0.607. The number of anilines is 3. The van der Waals surface area contributed by atoms with E-state index in [-0.39, 0.29) is 5.41 Å². The van der Waals surface area contributed by atoms with Crippen LogP contribution in [-0.2, 0) is 5.41 Å². The van der Waals surface area contributed by atoms with Crippen LogP contribution in [0.25, 0.3) is 64.7 Å². The van der Waals surface area contributed by atoms with Gasteiger partial charge in [-0.05, 0) is 119 Å².